The average Bonchev–Trinajstić information content (AvgIpc) is 2.50. The Kier molecular flexibility index (Phi) is 8.43. The van der Waals surface area contributed by atoms with Crippen LogP contribution >= 0.6 is 0 Å². The molecule has 2 atom stereocenters. The van der Waals surface area contributed by atoms with Gasteiger partial charge in [-0.25, -0.2) is 0 Å². The zero-order valence-electron chi connectivity index (χ0n) is 17.8. The highest BCUT2D eigenvalue weighted by molar-refractivity contribution is 5.81. The van der Waals surface area contributed by atoms with Gasteiger partial charge in [-0.1, -0.05) is 46.4 Å². The third-order valence-electron chi connectivity index (χ3n) is 5.40. The summed E-state index contributed by atoms with van der Waals surface area (Å²) in [6.45, 7) is 26.7. The van der Waals surface area contributed by atoms with Crippen LogP contribution in [0, 0.1) is 17.3 Å². The Labute approximate surface area is 155 Å². The molecule has 0 spiro atoms. The lowest BCUT2D eigenvalue weighted by Crippen LogP contribution is -2.35. The molecule has 2 unspecified atom stereocenters. The van der Waals surface area contributed by atoms with Gasteiger partial charge in [0.15, 0.2) is 0 Å². The molecule has 142 valence electrons. The van der Waals surface area contributed by atoms with E-state index < -0.39 is 5.41 Å². The largest absolute Gasteiger partial charge is 0.398 e. The van der Waals surface area contributed by atoms with Crippen LogP contribution in [0.3, 0.4) is 0 Å². The molecule has 0 bridgehead atoms. The van der Waals surface area contributed by atoms with E-state index in [2.05, 4.69) is 46.2 Å². The summed E-state index contributed by atoms with van der Waals surface area (Å²) in [4.78, 5) is 11.8. The van der Waals surface area contributed by atoms with E-state index in [0.29, 0.717) is 12.5 Å². The molecule has 3 nitrogen and oxygen atoms in total. The minimum atomic E-state index is -0.410. The predicted octanol–water partition coefficient (Wildman–Crippen LogP) is 5.12. The highest BCUT2D eigenvalue weighted by Crippen LogP contribution is 2.33. The molecule has 3 heteroatoms. The summed E-state index contributed by atoms with van der Waals surface area (Å²) < 4.78 is 0. The predicted molar refractivity (Wildman–Crippen MR) is 110 cm³/mol. The minimum absolute atomic E-state index is 0.173. The third-order valence-corrected chi connectivity index (χ3v) is 5.40. The average molecular weight is 347 g/mol. The number of rotatable bonds is 9. The number of nitrogens with two attached hydrogens (primary N) is 1. The van der Waals surface area contributed by atoms with Crippen molar-refractivity contribution < 1.29 is 4.79 Å². The van der Waals surface area contributed by atoms with Crippen molar-refractivity contribution in [2.24, 2.45) is 23.0 Å². The van der Waals surface area contributed by atoms with Crippen molar-refractivity contribution in [3.63, 3.8) is 0 Å². The van der Waals surface area contributed by atoms with Crippen LogP contribution in [0.25, 0.3) is 0 Å². The Balaban J connectivity index is 6.03. The number of hydrogen-bond donors (Lipinski definition) is 2. The Morgan fingerprint density at radius 3 is 1.88 bits per heavy atom. The van der Waals surface area contributed by atoms with E-state index in [1.807, 2.05) is 27.7 Å². The third kappa shape index (κ3) is 6.22. The van der Waals surface area contributed by atoms with Crippen LogP contribution in [0.4, 0.5) is 0 Å². The molecule has 3 N–H and O–H groups in total. The fraction of sp³-hybridized carbons (Fsp3) is 0.591. The van der Waals surface area contributed by atoms with Crippen molar-refractivity contribution >= 4 is 5.78 Å². The van der Waals surface area contributed by atoms with E-state index in [-0.39, 0.29) is 11.7 Å². The van der Waals surface area contributed by atoms with Gasteiger partial charge in [0.2, 0.25) is 0 Å². The van der Waals surface area contributed by atoms with Gasteiger partial charge >= 0.3 is 0 Å². The number of nitrogens with one attached hydrogen (secondary N) is 1. The standard InChI is InChI=1S/C22H38N2O/c1-13(2)15(5)16(6)20(17(7)21(23)14(3)4)18(8)24-12-22(10,11)19(9)25/h15-16,24H,1,3,12,23H2,2,4-11H3/b20-18+,21-17+. The molecule has 0 amide bonds. The van der Waals surface area contributed by atoms with Crippen LogP contribution in [-0.4, -0.2) is 12.3 Å². The Bertz CT molecular complexity index is 606. The maximum atomic E-state index is 11.8. The molecule has 0 aliphatic carbocycles. The van der Waals surface area contributed by atoms with Crippen LogP contribution in [-0.2, 0) is 4.79 Å². The zero-order valence-corrected chi connectivity index (χ0v) is 17.8. The lowest BCUT2D eigenvalue weighted by Gasteiger charge is -2.29. The molecule has 0 saturated heterocycles. The number of hydrogen-bond acceptors (Lipinski definition) is 3. The van der Waals surface area contributed by atoms with Crippen molar-refractivity contribution in [3.8, 4) is 0 Å². The van der Waals surface area contributed by atoms with E-state index in [4.69, 9.17) is 5.73 Å². The van der Waals surface area contributed by atoms with Crippen molar-refractivity contribution in [1.82, 2.24) is 5.32 Å². The molecular weight excluding hydrogens is 308 g/mol. The van der Waals surface area contributed by atoms with Gasteiger partial charge in [-0.2, -0.15) is 0 Å². The van der Waals surface area contributed by atoms with Gasteiger partial charge in [0.05, 0.1) is 0 Å². The van der Waals surface area contributed by atoms with Gasteiger partial charge in [0, 0.05) is 23.4 Å². The van der Waals surface area contributed by atoms with Crippen molar-refractivity contribution in [2.75, 3.05) is 6.54 Å². The zero-order chi connectivity index (χ0) is 20.1. The monoisotopic (exact) mass is 346 g/mol. The van der Waals surface area contributed by atoms with Crippen LogP contribution in [0.1, 0.15) is 62.3 Å². The summed E-state index contributed by atoms with van der Waals surface area (Å²) in [6, 6.07) is 0. The molecule has 0 saturated carbocycles. The van der Waals surface area contributed by atoms with Gasteiger partial charge in [0.25, 0.3) is 0 Å². The smallest absolute Gasteiger partial charge is 0.137 e. The molecule has 0 aromatic carbocycles. The Hall–Kier alpha value is -1.77. The number of carbonyl (C=O) groups is 1. The topological polar surface area (TPSA) is 55.1 Å². The van der Waals surface area contributed by atoms with Gasteiger partial charge in [-0.15, -0.1) is 0 Å². The van der Waals surface area contributed by atoms with Crippen molar-refractivity contribution in [1.29, 1.82) is 0 Å². The first-order valence-corrected chi connectivity index (χ1v) is 8.97. The molecule has 0 radical (unpaired) electrons. The van der Waals surface area contributed by atoms with Gasteiger partial charge in [0.1, 0.15) is 5.78 Å². The molecule has 0 aromatic rings. The van der Waals surface area contributed by atoms with E-state index in [9.17, 15) is 4.79 Å². The summed E-state index contributed by atoms with van der Waals surface area (Å²) >= 11 is 0. The lowest BCUT2D eigenvalue weighted by molar-refractivity contribution is -0.124. The molecule has 0 aliphatic rings. The molecule has 0 fully saturated rings. The summed E-state index contributed by atoms with van der Waals surface area (Å²) in [5.41, 5.74) is 11.9. The van der Waals surface area contributed by atoms with Gasteiger partial charge in [-0.05, 0) is 63.2 Å². The Morgan fingerprint density at radius 1 is 1.04 bits per heavy atom. The summed E-state index contributed by atoms with van der Waals surface area (Å²) in [7, 11) is 0. The Morgan fingerprint density at radius 2 is 1.52 bits per heavy atom. The quantitative estimate of drug-likeness (QED) is 0.450. The maximum absolute atomic E-state index is 11.8. The molecule has 0 aliphatic heterocycles. The lowest BCUT2D eigenvalue weighted by atomic mass is 9.80. The number of allylic oxidation sites excluding steroid dienone is 5. The number of Topliss-reactive ketones (excluding diaryl/α,β-unsaturated/α-hetero) is 1. The van der Waals surface area contributed by atoms with Gasteiger partial charge < -0.3 is 11.1 Å². The number of ketones is 1. The van der Waals surface area contributed by atoms with E-state index >= 15 is 0 Å². The van der Waals surface area contributed by atoms with Crippen molar-refractivity contribution in [2.45, 2.75) is 62.3 Å². The maximum Gasteiger partial charge on any atom is 0.137 e. The number of carbonyl (C=O) groups excluding carboxylic acids is 1. The van der Waals surface area contributed by atoms with Crippen molar-refractivity contribution in [3.05, 3.63) is 46.8 Å². The molecule has 25 heavy (non-hydrogen) atoms. The fourth-order valence-electron chi connectivity index (χ4n) is 2.68. The molecular formula is C22H38N2O. The summed E-state index contributed by atoms with van der Waals surface area (Å²) in [6.07, 6.45) is 0. The van der Waals surface area contributed by atoms with Crippen LogP contribution in [0.5, 0.6) is 0 Å². The van der Waals surface area contributed by atoms with Crippen LogP contribution < -0.4 is 11.1 Å². The minimum Gasteiger partial charge on any atom is -0.398 e. The second-order valence-corrected chi connectivity index (χ2v) is 8.08. The molecule has 0 heterocycles. The molecule has 0 rings (SSSR count). The SMILES string of the molecule is C=C(C)/C(N)=C(C)\C(=C(/C)NCC(C)(C)C(C)=O)C(C)C(C)C(=C)C. The second kappa shape index (κ2) is 9.07. The first-order valence-electron chi connectivity index (χ1n) is 8.97. The fourth-order valence-corrected chi connectivity index (χ4v) is 2.68. The van der Waals surface area contributed by atoms with Crippen LogP contribution in [0.15, 0.2) is 46.8 Å². The first kappa shape index (κ1) is 23.2. The highest BCUT2D eigenvalue weighted by Gasteiger charge is 2.26. The first-order chi connectivity index (χ1) is 11.2. The van der Waals surface area contributed by atoms with Crippen LogP contribution in [0.2, 0.25) is 0 Å². The second-order valence-electron chi connectivity index (χ2n) is 8.08. The highest BCUT2D eigenvalue weighted by atomic mass is 16.1. The van der Waals surface area contributed by atoms with E-state index in [1.54, 1.807) is 6.92 Å². The normalized spacial score (nSPS) is 16.4. The molecule has 0 aromatic heterocycles. The van der Waals surface area contributed by atoms with E-state index in [0.717, 1.165) is 28.1 Å². The summed E-state index contributed by atoms with van der Waals surface area (Å²) in [5, 5.41) is 3.46. The van der Waals surface area contributed by atoms with E-state index in [1.165, 1.54) is 5.57 Å². The van der Waals surface area contributed by atoms with Gasteiger partial charge in [-0.3, -0.25) is 4.79 Å². The summed E-state index contributed by atoms with van der Waals surface area (Å²) in [5.74, 6) is 0.746.